The molecule has 4 atom stereocenters. The van der Waals surface area contributed by atoms with E-state index in [4.69, 9.17) is 16.2 Å². The number of nitrogens with two attached hydrogens (primary N) is 2. The van der Waals surface area contributed by atoms with E-state index in [1.165, 1.54) is 4.90 Å². The third-order valence-corrected chi connectivity index (χ3v) is 8.66. The molecule has 1 spiro atoms. The number of carbonyl (C=O) groups is 2. The molecule has 3 unspecified atom stereocenters. The molecule has 1 aromatic heterocycles. The van der Waals surface area contributed by atoms with Gasteiger partial charge in [0.15, 0.2) is 23.3 Å². The van der Waals surface area contributed by atoms with Crippen molar-refractivity contribution < 1.29 is 37.7 Å². The Bertz CT molecular complexity index is 1590. The molecule has 0 saturated carbocycles. The van der Waals surface area contributed by atoms with Gasteiger partial charge in [-0.25, -0.2) is 9.98 Å². The zero-order chi connectivity index (χ0) is 31.8. The second kappa shape index (κ2) is 9.71. The number of para-hydroxylation sites is 1. The first-order valence-corrected chi connectivity index (χ1v) is 13.7. The van der Waals surface area contributed by atoms with Crippen molar-refractivity contribution in [3.05, 3.63) is 46.8 Å². The standard InChI is InChI=1S/C26H31F3N10O5/c1-23(2)6-7-44-17-11(4-3-5-12(17)23)19(40)34-16-10-39-22(31)33-14(18-24(39,25(16,42)43)36-21(30)35-18)9-32-20(41)13-8-15(38-37-13)26(27,28)29/h3-5,8,14,16,18,42-43H,6-7,9-10H2,1-2H3,(H2,31,33)(H,32,41)(H,34,40)(H,37,38)(H3,30,35,36)/t14-,16?,18?,24?/m0/s1. The monoisotopic (exact) mass is 620 g/mol. The lowest BCUT2D eigenvalue weighted by Gasteiger charge is -2.49. The van der Waals surface area contributed by atoms with Gasteiger partial charge in [0.25, 0.3) is 11.8 Å². The van der Waals surface area contributed by atoms with Gasteiger partial charge in [-0.05, 0) is 17.9 Å². The first kappa shape index (κ1) is 29.5. The van der Waals surface area contributed by atoms with E-state index < -0.39 is 59.0 Å². The van der Waals surface area contributed by atoms with Crippen LogP contribution in [0.4, 0.5) is 13.2 Å². The zero-order valence-electron chi connectivity index (χ0n) is 23.6. The summed E-state index contributed by atoms with van der Waals surface area (Å²) in [4.78, 5) is 36.1. The summed E-state index contributed by atoms with van der Waals surface area (Å²) in [6.45, 7) is 3.95. The summed E-state index contributed by atoms with van der Waals surface area (Å²) in [5.41, 5.74) is 9.43. The average Bonchev–Trinajstić information content (AvgIpc) is 3.63. The van der Waals surface area contributed by atoms with Crippen LogP contribution in [0.2, 0.25) is 0 Å². The molecular weight excluding hydrogens is 589 g/mol. The highest BCUT2D eigenvalue weighted by molar-refractivity contribution is 5.98. The maximum atomic E-state index is 13.6. The number of alkyl halides is 3. The number of halogens is 3. The number of benzene rings is 1. The van der Waals surface area contributed by atoms with Crippen molar-refractivity contribution in [3.8, 4) is 5.75 Å². The molecule has 44 heavy (non-hydrogen) atoms. The third-order valence-electron chi connectivity index (χ3n) is 8.66. The average molecular weight is 621 g/mol. The van der Waals surface area contributed by atoms with Crippen molar-refractivity contribution in [2.24, 2.45) is 21.5 Å². The van der Waals surface area contributed by atoms with E-state index in [0.717, 1.165) is 12.0 Å². The fraction of sp³-hybridized carbons (Fsp3) is 0.500. The number of aliphatic imine (C=N–C) groups is 2. The van der Waals surface area contributed by atoms with Crippen LogP contribution in [0.1, 0.15) is 52.4 Å². The number of aliphatic hydroxyl groups is 2. The van der Waals surface area contributed by atoms with Gasteiger partial charge < -0.3 is 47.3 Å². The Hall–Kier alpha value is -4.58. The highest BCUT2D eigenvalue weighted by atomic mass is 19.4. The Balaban J connectivity index is 1.24. The second-order valence-corrected chi connectivity index (χ2v) is 11.8. The van der Waals surface area contributed by atoms with Gasteiger partial charge in [0.05, 0.1) is 18.2 Å². The molecule has 0 bridgehead atoms. The highest BCUT2D eigenvalue weighted by Crippen LogP contribution is 2.45. The minimum atomic E-state index is -4.73. The number of nitrogens with zero attached hydrogens (tertiary/aromatic N) is 4. The van der Waals surface area contributed by atoms with Gasteiger partial charge >= 0.3 is 6.18 Å². The van der Waals surface area contributed by atoms with Crippen LogP contribution in [0.5, 0.6) is 5.75 Å². The van der Waals surface area contributed by atoms with Crippen LogP contribution < -0.4 is 32.2 Å². The first-order valence-electron chi connectivity index (χ1n) is 13.7. The predicted molar refractivity (Wildman–Crippen MR) is 147 cm³/mol. The summed E-state index contributed by atoms with van der Waals surface area (Å²) in [6, 6.07) is 2.19. The predicted octanol–water partition coefficient (Wildman–Crippen LogP) is -1.31. The normalized spacial score (nSPS) is 28.0. The van der Waals surface area contributed by atoms with Crippen LogP contribution in [0.3, 0.4) is 0 Å². The van der Waals surface area contributed by atoms with E-state index in [-0.39, 0.29) is 36.0 Å². The molecule has 0 aliphatic carbocycles. The number of ether oxygens (including phenoxy) is 1. The number of fused-ring (bicyclic) bond motifs is 1. The molecule has 6 rings (SSSR count). The van der Waals surface area contributed by atoms with E-state index in [0.29, 0.717) is 18.4 Å². The number of H-pyrrole nitrogens is 1. The minimum absolute atomic E-state index is 0.177. The van der Waals surface area contributed by atoms with Crippen LogP contribution in [0.25, 0.3) is 0 Å². The number of amides is 2. The number of hydrogen-bond donors (Lipinski definition) is 8. The van der Waals surface area contributed by atoms with E-state index in [1.54, 1.807) is 17.2 Å². The number of aromatic nitrogens is 2. The Morgan fingerprint density at radius 3 is 2.66 bits per heavy atom. The summed E-state index contributed by atoms with van der Waals surface area (Å²) in [7, 11) is 0. The molecule has 0 radical (unpaired) electrons. The van der Waals surface area contributed by atoms with Gasteiger partial charge in [-0.15, -0.1) is 0 Å². The Kier molecular flexibility index (Phi) is 6.51. The lowest BCUT2D eigenvalue weighted by molar-refractivity contribution is -0.230. The minimum Gasteiger partial charge on any atom is -0.492 e. The Morgan fingerprint density at radius 1 is 1.20 bits per heavy atom. The molecular formula is C26H31F3N10O5. The van der Waals surface area contributed by atoms with Gasteiger partial charge in [0.1, 0.15) is 23.5 Å². The van der Waals surface area contributed by atoms with Crippen LogP contribution in [-0.2, 0) is 11.6 Å². The van der Waals surface area contributed by atoms with Crippen LogP contribution in [0.15, 0.2) is 34.3 Å². The maximum absolute atomic E-state index is 13.6. The number of nitrogens with one attached hydrogen (secondary N) is 4. The van der Waals surface area contributed by atoms with Gasteiger partial charge in [0, 0.05) is 24.7 Å². The van der Waals surface area contributed by atoms with E-state index in [1.807, 2.05) is 19.9 Å². The SMILES string of the molecule is CC1(C)CCOc2c(C(=O)NC3CN4C(N)=N[C@@H](CNC(=O)c5cc(C(F)(F)F)[nH]n5)C5N=C(N)NC54C3(O)O)cccc21. The summed E-state index contributed by atoms with van der Waals surface area (Å²) in [5, 5.41) is 36.4. The molecule has 1 aromatic carbocycles. The smallest absolute Gasteiger partial charge is 0.432 e. The topological polar surface area (TPSA) is 229 Å². The molecule has 236 valence electrons. The van der Waals surface area contributed by atoms with Crippen molar-refractivity contribution in [1.29, 1.82) is 0 Å². The molecule has 1 fully saturated rings. The molecule has 5 heterocycles. The van der Waals surface area contributed by atoms with E-state index in [9.17, 15) is 33.0 Å². The second-order valence-electron chi connectivity index (χ2n) is 11.8. The number of hydrogen-bond acceptors (Lipinski definition) is 12. The number of carbonyl (C=O) groups excluding carboxylic acids is 2. The summed E-state index contributed by atoms with van der Waals surface area (Å²) in [6.07, 6.45) is -3.97. The van der Waals surface area contributed by atoms with Crippen LogP contribution in [0, 0.1) is 0 Å². The van der Waals surface area contributed by atoms with Crippen LogP contribution in [-0.4, -0.2) is 98.3 Å². The van der Waals surface area contributed by atoms with Crippen molar-refractivity contribution in [3.63, 3.8) is 0 Å². The lowest BCUT2D eigenvalue weighted by atomic mass is 9.79. The first-order chi connectivity index (χ1) is 20.6. The lowest BCUT2D eigenvalue weighted by Crippen LogP contribution is -2.78. The van der Waals surface area contributed by atoms with E-state index in [2.05, 4.69) is 31.0 Å². The largest absolute Gasteiger partial charge is 0.492 e. The van der Waals surface area contributed by atoms with Crippen LogP contribution >= 0.6 is 0 Å². The Labute approximate surface area is 247 Å². The van der Waals surface area contributed by atoms with Crippen molar-refractivity contribution in [2.75, 3.05) is 19.7 Å². The molecule has 4 aliphatic heterocycles. The van der Waals surface area contributed by atoms with Crippen molar-refractivity contribution >= 4 is 23.7 Å². The van der Waals surface area contributed by atoms with Gasteiger partial charge in [-0.1, -0.05) is 26.0 Å². The quantitative estimate of drug-likeness (QED) is 0.184. The Morgan fingerprint density at radius 2 is 1.95 bits per heavy atom. The van der Waals surface area contributed by atoms with Crippen molar-refractivity contribution in [1.82, 2.24) is 31.0 Å². The molecule has 18 heteroatoms. The van der Waals surface area contributed by atoms with E-state index >= 15 is 0 Å². The molecule has 1 saturated heterocycles. The maximum Gasteiger partial charge on any atom is 0.432 e. The molecule has 4 aliphatic rings. The van der Waals surface area contributed by atoms with Gasteiger partial charge in [-0.2, -0.15) is 18.3 Å². The summed E-state index contributed by atoms with van der Waals surface area (Å²) < 4.78 is 44.6. The fourth-order valence-electron chi connectivity index (χ4n) is 6.31. The number of rotatable bonds is 5. The third kappa shape index (κ3) is 4.38. The summed E-state index contributed by atoms with van der Waals surface area (Å²) in [5.74, 6) is -4.26. The number of aromatic amines is 1. The number of guanidine groups is 2. The fourth-order valence-corrected chi connectivity index (χ4v) is 6.31. The molecule has 2 aromatic rings. The molecule has 2 amide bonds. The highest BCUT2D eigenvalue weighted by Gasteiger charge is 2.73. The summed E-state index contributed by atoms with van der Waals surface area (Å²) >= 11 is 0. The van der Waals surface area contributed by atoms with Crippen molar-refractivity contribution in [2.45, 2.75) is 61.4 Å². The zero-order valence-corrected chi connectivity index (χ0v) is 23.6. The molecule has 15 nitrogen and oxygen atoms in total. The van der Waals surface area contributed by atoms with Gasteiger partial charge in [-0.3, -0.25) is 14.7 Å². The van der Waals surface area contributed by atoms with Gasteiger partial charge in [0.2, 0.25) is 5.79 Å². The molecule has 10 N–H and O–H groups in total.